The third-order valence-corrected chi connectivity index (χ3v) is 12.8. The molecule has 0 unspecified atom stereocenters. The van der Waals surface area contributed by atoms with Gasteiger partial charge in [-0.15, -0.1) is 0 Å². The third-order valence-electron chi connectivity index (χ3n) is 12.8. The Balaban J connectivity index is 1.20. The summed E-state index contributed by atoms with van der Waals surface area (Å²) in [6.45, 7) is 4.76. The van der Waals surface area contributed by atoms with Crippen LogP contribution < -0.4 is 0 Å². The normalized spacial score (nSPS) is 13.4. The lowest BCUT2D eigenvalue weighted by Gasteiger charge is -2.23. The van der Waals surface area contributed by atoms with Crippen LogP contribution in [0, 0.1) is 0 Å². The largest absolute Gasteiger partial charge is 0.0619 e. The van der Waals surface area contributed by atoms with Crippen molar-refractivity contribution in [3.8, 4) is 44.5 Å². The highest BCUT2D eigenvalue weighted by molar-refractivity contribution is 6.29. The zero-order chi connectivity index (χ0) is 36.4. The molecule has 1 aliphatic rings. The fraction of sp³-hybridized carbons (Fsp3) is 0.0545. The predicted octanol–water partition coefficient (Wildman–Crippen LogP) is 15.4. The van der Waals surface area contributed by atoms with E-state index in [1.807, 2.05) is 0 Å². The van der Waals surface area contributed by atoms with Crippen molar-refractivity contribution < 1.29 is 0 Å². The van der Waals surface area contributed by atoms with Crippen LogP contribution in [0.15, 0.2) is 182 Å². The highest BCUT2D eigenvalue weighted by Gasteiger charge is 2.35. The summed E-state index contributed by atoms with van der Waals surface area (Å²) in [7, 11) is 0. The standard InChI is InChI=1S/C55H36/c1-55(2)49-17-8-7-14-41(49)42-26-25-40(32-50(42)55)52-43-15-5-6-16-44(43)54(46-28-23-36-20-19-34-12-9-13-35-22-27-45(46)53(36)51(34)35)47-29-24-39(31-48(47)52)38-21-18-33-10-3-4-11-37(33)30-38/h3-32H,1-2H3. The van der Waals surface area contributed by atoms with Crippen molar-refractivity contribution in [3.63, 3.8) is 0 Å². The number of rotatable bonds is 3. The molecule has 0 N–H and O–H groups in total. The number of fused-ring (bicyclic) bond motifs is 6. The second kappa shape index (κ2) is 11.1. The van der Waals surface area contributed by atoms with Crippen molar-refractivity contribution in [2.24, 2.45) is 0 Å². The molecule has 0 saturated carbocycles. The monoisotopic (exact) mass is 696 g/mol. The van der Waals surface area contributed by atoms with Crippen LogP contribution in [0.3, 0.4) is 0 Å². The van der Waals surface area contributed by atoms with Crippen LogP contribution in [0.4, 0.5) is 0 Å². The summed E-state index contributed by atoms with van der Waals surface area (Å²) >= 11 is 0. The van der Waals surface area contributed by atoms with E-state index in [0.29, 0.717) is 0 Å². The van der Waals surface area contributed by atoms with Crippen LogP contribution in [0.2, 0.25) is 0 Å². The molecule has 0 spiro atoms. The molecule has 0 aliphatic heterocycles. The molecular formula is C55H36. The van der Waals surface area contributed by atoms with Crippen molar-refractivity contribution in [1.29, 1.82) is 0 Å². The summed E-state index contributed by atoms with van der Waals surface area (Å²) in [5.74, 6) is 0. The quantitative estimate of drug-likeness (QED) is 0.127. The van der Waals surface area contributed by atoms with Crippen molar-refractivity contribution in [1.82, 2.24) is 0 Å². The first-order valence-electron chi connectivity index (χ1n) is 19.4. The van der Waals surface area contributed by atoms with Crippen LogP contribution in [-0.4, -0.2) is 0 Å². The fourth-order valence-corrected chi connectivity index (χ4v) is 10.1. The minimum atomic E-state index is -0.0918. The Morgan fingerprint density at radius 1 is 0.291 bits per heavy atom. The maximum absolute atomic E-state index is 2.50. The van der Waals surface area contributed by atoms with Gasteiger partial charge in [0, 0.05) is 5.41 Å². The Labute approximate surface area is 320 Å². The molecule has 0 atom stereocenters. The van der Waals surface area contributed by atoms with E-state index in [9.17, 15) is 0 Å². The van der Waals surface area contributed by atoms with Crippen LogP contribution in [0.1, 0.15) is 25.0 Å². The zero-order valence-corrected chi connectivity index (χ0v) is 30.8. The fourth-order valence-electron chi connectivity index (χ4n) is 10.1. The maximum atomic E-state index is 2.50. The van der Waals surface area contributed by atoms with Crippen LogP contribution >= 0.6 is 0 Å². The van der Waals surface area contributed by atoms with Gasteiger partial charge in [-0.1, -0.05) is 178 Å². The van der Waals surface area contributed by atoms with E-state index in [0.717, 1.165) is 0 Å². The summed E-state index contributed by atoms with van der Waals surface area (Å²) in [6.07, 6.45) is 0. The SMILES string of the molecule is CC1(C)c2ccccc2-c2ccc(-c3c4ccccc4c(-c4ccc5ccc6cccc7ccc4c5c67)c4ccc(-c5ccc6ccccc6c5)cc34)cc21. The molecule has 11 aromatic rings. The van der Waals surface area contributed by atoms with Crippen LogP contribution in [0.5, 0.6) is 0 Å². The summed E-state index contributed by atoms with van der Waals surface area (Å²) in [4.78, 5) is 0. The molecule has 0 heterocycles. The lowest BCUT2D eigenvalue weighted by Crippen LogP contribution is -2.14. The third kappa shape index (κ3) is 4.28. The molecule has 0 fully saturated rings. The minimum absolute atomic E-state index is 0.0918. The topological polar surface area (TPSA) is 0 Å². The minimum Gasteiger partial charge on any atom is -0.0619 e. The van der Waals surface area contributed by atoms with E-state index in [1.165, 1.54) is 120 Å². The van der Waals surface area contributed by atoms with Gasteiger partial charge in [0.1, 0.15) is 0 Å². The highest BCUT2D eigenvalue weighted by Crippen LogP contribution is 2.52. The van der Waals surface area contributed by atoms with E-state index in [2.05, 4.69) is 196 Å². The lowest BCUT2D eigenvalue weighted by molar-refractivity contribution is 0.660. The summed E-state index contributed by atoms with van der Waals surface area (Å²) in [6, 6.07) is 68.7. The Hall–Kier alpha value is -6.76. The maximum Gasteiger partial charge on any atom is 0.0159 e. The molecule has 12 rings (SSSR count). The molecule has 0 saturated heterocycles. The molecule has 0 aromatic heterocycles. The Kier molecular flexibility index (Phi) is 6.21. The molecule has 1 aliphatic carbocycles. The molecule has 0 radical (unpaired) electrons. The van der Waals surface area contributed by atoms with E-state index in [1.54, 1.807) is 0 Å². The molecular weight excluding hydrogens is 661 g/mol. The van der Waals surface area contributed by atoms with E-state index >= 15 is 0 Å². The molecule has 55 heavy (non-hydrogen) atoms. The smallest absolute Gasteiger partial charge is 0.0159 e. The molecule has 0 heteroatoms. The lowest BCUT2D eigenvalue weighted by atomic mass is 9.80. The number of benzene rings is 11. The van der Waals surface area contributed by atoms with E-state index < -0.39 is 0 Å². The second-order valence-corrected chi connectivity index (χ2v) is 16.0. The molecule has 11 aromatic carbocycles. The van der Waals surface area contributed by atoms with Gasteiger partial charge in [-0.05, 0) is 138 Å². The number of hydrogen-bond donors (Lipinski definition) is 0. The summed E-state index contributed by atoms with van der Waals surface area (Å²) < 4.78 is 0. The highest BCUT2D eigenvalue weighted by atomic mass is 14.4. The average molecular weight is 697 g/mol. The van der Waals surface area contributed by atoms with E-state index in [4.69, 9.17) is 0 Å². The first kappa shape index (κ1) is 30.7. The van der Waals surface area contributed by atoms with Gasteiger partial charge >= 0.3 is 0 Å². The molecule has 0 bridgehead atoms. The molecule has 256 valence electrons. The van der Waals surface area contributed by atoms with Crippen molar-refractivity contribution in [2.75, 3.05) is 0 Å². The van der Waals surface area contributed by atoms with Crippen molar-refractivity contribution >= 4 is 64.6 Å². The van der Waals surface area contributed by atoms with Gasteiger partial charge in [0.25, 0.3) is 0 Å². The van der Waals surface area contributed by atoms with Gasteiger partial charge in [-0.2, -0.15) is 0 Å². The van der Waals surface area contributed by atoms with E-state index in [-0.39, 0.29) is 5.41 Å². The first-order valence-corrected chi connectivity index (χ1v) is 19.4. The van der Waals surface area contributed by atoms with Gasteiger partial charge in [0.2, 0.25) is 0 Å². The second-order valence-electron chi connectivity index (χ2n) is 16.0. The average Bonchev–Trinajstić information content (AvgIpc) is 3.46. The van der Waals surface area contributed by atoms with Gasteiger partial charge in [-0.25, -0.2) is 0 Å². The van der Waals surface area contributed by atoms with Gasteiger partial charge in [0.05, 0.1) is 0 Å². The summed E-state index contributed by atoms with van der Waals surface area (Å²) in [5.41, 5.74) is 13.0. The molecule has 0 nitrogen and oxygen atoms in total. The van der Waals surface area contributed by atoms with Crippen molar-refractivity contribution in [2.45, 2.75) is 19.3 Å². The van der Waals surface area contributed by atoms with Crippen LogP contribution in [-0.2, 0) is 5.41 Å². The Morgan fingerprint density at radius 2 is 0.836 bits per heavy atom. The predicted molar refractivity (Wildman–Crippen MR) is 237 cm³/mol. The van der Waals surface area contributed by atoms with Crippen molar-refractivity contribution in [3.05, 3.63) is 193 Å². The Morgan fingerprint density at radius 3 is 1.69 bits per heavy atom. The zero-order valence-electron chi connectivity index (χ0n) is 30.8. The summed E-state index contributed by atoms with van der Waals surface area (Å²) in [5, 5.41) is 15.5. The van der Waals surface area contributed by atoms with Gasteiger partial charge in [0.15, 0.2) is 0 Å². The van der Waals surface area contributed by atoms with Crippen LogP contribution in [0.25, 0.3) is 109 Å². The number of hydrogen-bond acceptors (Lipinski definition) is 0. The van der Waals surface area contributed by atoms with Gasteiger partial charge in [-0.3, -0.25) is 0 Å². The van der Waals surface area contributed by atoms with Gasteiger partial charge < -0.3 is 0 Å². The molecule has 0 amide bonds. The Bertz CT molecular complexity index is 3380. The first-order chi connectivity index (χ1) is 27.0.